The van der Waals surface area contributed by atoms with E-state index in [1.807, 2.05) is 12.1 Å². The Morgan fingerprint density at radius 3 is 2.74 bits per heavy atom. The van der Waals surface area contributed by atoms with Crippen molar-refractivity contribution < 1.29 is 0 Å². The van der Waals surface area contributed by atoms with Crippen LogP contribution >= 0.6 is 0 Å². The molecule has 3 nitrogen and oxygen atoms in total. The molecule has 0 aliphatic heterocycles. The largest absolute Gasteiger partial charge is 0.353 e. The molecule has 0 bridgehead atoms. The summed E-state index contributed by atoms with van der Waals surface area (Å²) in [6, 6.07) is 16.8. The first kappa shape index (κ1) is 10.4. The molecule has 0 amide bonds. The van der Waals surface area contributed by atoms with Crippen molar-refractivity contribution in [2.75, 3.05) is 0 Å². The van der Waals surface area contributed by atoms with Crippen molar-refractivity contribution in [1.29, 1.82) is 0 Å². The summed E-state index contributed by atoms with van der Waals surface area (Å²) in [6.45, 7) is 2.10. The van der Waals surface area contributed by atoms with Gasteiger partial charge in [0, 0.05) is 16.3 Å². The maximum atomic E-state index is 4.45. The highest BCUT2D eigenvalue weighted by Crippen LogP contribution is 2.28. The van der Waals surface area contributed by atoms with Gasteiger partial charge >= 0.3 is 0 Å². The van der Waals surface area contributed by atoms with Gasteiger partial charge in [-0.3, -0.25) is 5.10 Å². The molecule has 4 rings (SSSR count). The predicted octanol–water partition coefficient (Wildman–Crippen LogP) is 4.02. The van der Waals surface area contributed by atoms with Gasteiger partial charge in [-0.25, -0.2) is 0 Å². The Kier molecular flexibility index (Phi) is 2.03. The Morgan fingerprint density at radius 1 is 0.947 bits per heavy atom. The van der Waals surface area contributed by atoms with Gasteiger partial charge in [0.05, 0.1) is 11.2 Å². The monoisotopic (exact) mass is 247 g/mol. The molecule has 0 aliphatic carbocycles. The Morgan fingerprint density at radius 2 is 1.84 bits per heavy atom. The second-order valence-electron chi connectivity index (χ2n) is 4.89. The number of nitrogens with zero attached hydrogens (tertiary/aromatic N) is 1. The number of H-pyrrole nitrogens is 2. The minimum atomic E-state index is 0.981. The van der Waals surface area contributed by atoms with Crippen LogP contribution in [-0.2, 0) is 0 Å². The van der Waals surface area contributed by atoms with Gasteiger partial charge < -0.3 is 4.98 Å². The molecule has 4 aromatic rings. The summed E-state index contributed by atoms with van der Waals surface area (Å²) in [5, 5.41) is 9.90. The van der Waals surface area contributed by atoms with Crippen molar-refractivity contribution >= 4 is 21.8 Å². The fraction of sp³-hybridized carbons (Fsp3) is 0.0625. The smallest absolute Gasteiger partial charge is 0.116 e. The van der Waals surface area contributed by atoms with Crippen LogP contribution in [0.2, 0.25) is 0 Å². The zero-order valence-corrected chi connectivity index (χ0v) is 10.6. The van der Waals surface area contributed by atoms with Crippen molar-refractivity contribution in [2.24, 2.45) is 0 Å². The van der Waals surface area contributed by atoms with Crippen LogP contribution in [0.3, 0.4) is 0 Å². The van der Waals surface area contributed by atoms with Crippen LogP contribution in [0.25, 0.3) is 33.2 Å². The highest BCUT2D eigenvalue weighted by atomic mass is 15.1. The topological polar surface area (TPSA) is 44.5 Å². The fourth-order valence-electron chi connectivity index (χ4n) is 2.53. The van der Waals surface area contributed by atoms with Gasteiger partial charge in [-0.15, -0.1) is 0 Å². The molecule has 0 aliphatic rings. The lowest BCUT2D eigenvalue weighted by molar-refractivity contribution is 1.12. The summed E-state index contributed by atoms with van der Waals surface area (Å²) in [6.07, 6.45) is 0. The van der Waals surface area contributed by atoms with Gasteiger partial charge in [0.2, 0.25) is 0 Å². The van der Waals surface area contributed by atoms with Gasteiger partial charge in [-0.2, -0.15) is 5.10 Å². The van der Waals surface area contributed by atoms with E-state index in [2.05, 4.69) is 58.5 Å². The average Bonchev–Trinajstić information content (AvgIpc) is 3.00. The van der Waals surface area contributed by atoms with E-state index in [9.17, 15) is 0 Å². The maximum absolute atomic E-state index is 4.45. The van der Waals surface area contributed by atoms with E-state index in [0.29, 0.717) is 0 Å². The third-order valence-electron chi connectivity index (χ3n) is 3.50. The maximum Gasteiger partial charge on any atom is 0.116 e. The number of para-hydroxylation sites is 1. The lowest BCUT2D eigenvalue weighted by Crippen LogP contribution is -1.78. The summed E-state index contributed by atoms with van der Waals surface area (Å²) in [5.41, 5.74) is 5.49. The number of aromatic nitrogens is 3. The molecule has 2 heterocycles. The van der Waals surface area contributed by atoms with E-state index in [1.165, 1.54) is 10.9 Å². The number of nitrogens with one attached hydrogen (secondary N) is 2. The highest BCUT2D eigenvalue weighted by molar-refractivity contribution is 5.95. The van der Waals surface area contributed by atoms with Crippen molar-refractivity contribution in [3.8, 4) is 11.4 Å². The van der Waals surface area contributed by atoms with Crippen LogP contribution in [0, 0.1) is 6.92 Å². The molecule has 0 radical (unpaired) electrons. The summed E-state index contributed by atoms with van der Waals surface area (Å²) in [7, 11) is 0. The van der Waals surface area contributed by atoms with Crippen molar-refractivity contribution in [2.45, 2.75) is 6.92 Å². The summed E-state index contributed by atoms with van der Waals surface area (Å²) >= 11 is 0. The van der Waals surface area contributed by atoms with E-state index >= 15 is 0 Å². The lowest BCUT2D eigenvalue weighted by Gasteiger charge is -1.95. The van der Waals surface area contributed by atoms with Crippen LogP contribution in [0.4, 0.5) is 0 Å². The molecule has 2 N–H and O–H groups in total. The van der Waals surface area contributed by atoms with Gasteiger partial charge in [0.25, 0.3) is 0 Å². The van der Waals surface area contributed by atoms with Gasteiger partial charge in [0.1, 0.15) is 5.69 Å². The molecule has 0 saturated carbocycles. The van der Waals surface area contributed by atoms with Crippen LogP contribution in [-0.4, -0.2) is 15.2 Å². The van der Waals surface area contributed by atoms with Crippen LogP contribution < -0.4 is 0 Å². The zero-order valence-electron chi connectivity index (χ0n) is 10.6. The van der Waals surface area contributed by atoms with Gasteiger partial charge in [-0.05, 0) is 31.2 Å². The van der Waals surface area contributed by atoms with E-state index in [-0.39, 0.29) is 0 Å². The lowest BCUT2D eigenvalue weighted by atomic mass is 10.1. The first-order valence-corrected chi connectivity index (χ1v) is 6.34. The van der Waals surface area contributed by atoms with Crippen molar-refractivity contribution in [3.05, 3.63) is 54.1 Å². The van der Waals surface area contributed by atoms with Crippen LogP contribution in [0.15, 0.2) is 48.5 Å². The standard InChI is InChI=1S/C16H13N3/c1-10-6-7-14-12(8-10)16(19-18-14)15-9-11-4-2-3-5-13(11)17-15/h2-9,17H,1H3,(H,18,19). The third-order valence-corrected chi connectivity index (χ3v) is 3.50. The number of fused-ring (bicyclic) bond motifs is 2. The molecule has 2 aromatic heterocycles. The summed E-state index contributed by atoms with van der Waals surface area (Å²) in [4.78, 5) is 3.43. The van der Waals surface area contributed by atoms with Crippen LogP contribution in [0.5, 0.6) is 0 Å². The number of benzene rings is 2. The number of aromatic amines is 2. The summed E-state index contributed by atoms with van der Waals surface area (Å²) in [5.74, 6) is 0. The Bertz CT molecular complexity index is 850. The SMILES string of the molecule is Cc1ccc2[nH]nc(-c3cc4ccccc4[nH]3)c2c1. The molecule has 0 spiro atoms. The molecule has 0 saturated heterocycles. The molecular weight excluding hydrogens is 234 g/mol. The van der Waals surface area contributed by atoms with E-state index in [1.54, 1.807) is 0 Å². The number of rotatable bonds is 1. The van der Waals surface area contributed by atoms with Gasteiger partial charge in [-0.1, -0.05) is 29.8 Å². The molecular formula is C16H13N3. The van der Waals surface area contributed by atoms with E-state index in [4.69, 9.17) is 0 Å². The fourth-order valence-corrected chi connectivity index (χ4v) is 2.53. The minimum Gasteiger partial charge on any atom is -0.353 e. The highest BCUT2D eigenvalue weighted by Gasteiger charge is 2.10. The molecule has 2 aromatic carbocycles. The average molecular weight is 247 g/mol. The Balaban J connectivity index is 2.00. The number of aryl methyl sites for hydroxylation is 1. The zero-order chi connectivity index (χ0) is 12.8. The van der Waals surface area contributed by atoms with Crippen molar-refractivity contribution in [1.82, 2.24) is 15.2 Å². The first-order chi connectivity index (χ1) is 9.31. The van der Waals surface area contributed by atoms with E-state index in [0.717, 1.165) is 27.8 Å². The third kappa shape index (κ3) is 1.55. The quantitative estimate of drug-likeness (QED) is 0.524. The van der Waals surface area contributed by atoms with E-state index < -0.39 is 0 Å². The van der Waals surface area contributed by atoms with Crippen molar-refractivity contribution in [3.63, 3.8) is 0 Å². The molecule has 0 fully saturated rings. The second-order valence-corrected chi connectivity index (χ2v) is 4.89. The predicted molar refractivity (Wildman–Crippen MR) is 78.1 cm³/mol. The minimum absolute atomic E-state index is 0.981. The number of hydrogen-bond acceptors (Lipinski definition) is 1. The molecule has 92 valence electrons. The number of hydrogen-bond donors (Lipinski definition) is 2. The first-order valence-electron chi connectivity index (χ1n) is 6.34. The molecule has 3 heteroatoms. The molecule has 0 unspecified atom stereocenters. The Hall–Kier alpha value is -2.55. The normalized spacial score (nSPS) is 11.4. The summed E-state index contributed by atoms with van der Waals surface area (Å²) < 4.78 is 0. The van der Waals surface area contributed by atoms with Crippen LogP contribution in [0.1, 0.15) is 5.56 Å². The van der Waals surface area contributed by atoms with Gasteiger partial charge in [0.15, 0.2) is 0 Å². The molecule has 0 atom stereocenters. The molecule has 19 heavy (non-hydrogen) atoms. The second kappa shape index (κ2) is 3.72. The Labute approximate surface area is 110 Å².